The summed E-state index contributed by atoms with van der Waals surface area (Å²) in [5.41, 5.74) is 2.08. The van der Waals surface area contributed by atoms with Gasteiger partial charge in [-0.1, -0.05) is 62.7 Å². The standard InChI is InChI=1S/C35H37F3N6O2S/c1-4-24(2)31(41-33(45)17-28-19-40-23-44(28)20-26-15-13-25(18-39)14-16-26)22-43(21-27-9-5-6-10-29(27)35(36,37)38)34(47)42-30-11-7-8-12-32(30)46-3/h5-16,19,23-24,31H,4,17,20-22H2,1-3H3,(H,41,45)(H,42,47)/t24-,31+/m0/s1. The predicted octanol–water partition coefficient (Wildman–Crippen LogP) is 6.80. The molecule has 0 aliphatic carbocycles. The van der Waals surface area contributed by atoms with Crippen molar-refractivity contribution in [1.82, 2.24) is 19.8 Å². The largest absolute Gasteiger partial charge is 0.495 e. The minimum Gasteiger partial charge on any atom is -0.495 e. The number of para-hydroxylation sites is 2. The molecule has 3 aromatic carbocycles. The van der Waals surface area contributed by atoms with Crippen molar-refractivity contribution in [3.8, 4) is 11.8 Å². The van der Waals surface area contributed by atoms with Crippen LogP contribution in [0.1, 0.15) is 48.2 Å². The average Bonchev–Trinajstić information content (AvgIpc) is 3.49. The van der Waals surface area contributed by atoms with Crippen LogP contribution >= 0.6 is 12.2 Å². The van der Waals surface area contributed by atoms with Crippen LogP contribution in [-0.2, 0) is 30.5 Å². The first-order valence-corrected chi connectivity index (χ1v) is 15.5. The molecule has 0 bridgehead atoms. The van der Waals surface area contributed by atoms with Gasteiger partial charge in [-0.3, -0.25) is 4.79 Å². The van der Waals surface area contributed by atoms with Crippen molar-refractivity contribution < 1.29 is 22.7 Å². The summed E-state index contributed by atoms with van der Waals surface area (Å²) in [5.74, 6) is 0.239. The summed E-state index contributed by atoms with van der Waals surface area (Å²) in [6, 6.07) is 21.4. The molecule has 0 fully saturated rings. The molecule has 0 unspecified atom stereocenters. The van der Waals surface area contributed by atoms with Gasteiger partial charge in [0.2, 0.25) is 5.91 Å². The van der Waals surface area contributed by atoms with E-state index in [0.29, 0.717) is 35.7 Å². The molecule has 246 valence electrons. The number of nitriles is 1. The van der Waals surface area contributed by atoms with E-state index in [1.165, 1.54) is 19.2 Å². The normalized spacial score (nSPS) is 12.4. The third kappa shape index (κ3) is 9.56. The van der Waals surface area contributed by atoms with Gasteiger partial charge in [0.25, 0.3) is 0 Å². The lowest BCUT2D eigenvalue weighted by Gasteiger charge is -2.34. The monoisotopic (exact) mass is 662 g/mol. The van der Waals surface area contributed by atoms with E-state index < -0.39 is 17.8 Å². The number of benzene rings is 3. The number of hydrogen-bond donors (Lipinski definition) is 2. The number of rotatable bonds is 13. The number of alkyl halides is 3. The molecule has 0 spiro atoms. The zero-order valence-corrected chi connectivity index (χ0v) is 27.2. The van der Waals surface area contributed by atoms with Crippen LogP contribution in [0.5, 0.6) is 5.75 Å². The van der Waals surface area contributed by atoms with Gasteiger partial charge in [-0.2, -0.15) is 18.4 Å². The number of ether oxygens (including phenoxy) is 1. The summed E-state index contributed by atoms with van der Waals surface area (Å²) in [6.07, 6.45) is -0.515. The van der Waals surface area contributed by atoms with Gasteiger partial charge in [0.05, 0.1) is 42.7 Å². The SMILES string of the molecule is CC[C@H](C)[C@@H](CN(Cc1ccccc1C(F)(F)F)C(=S)Nc1ccccc1OC)NC(=O)Cc1cncn1Cc1ccc(C#N)cc1. The van der Waals surface area contributed by atoms with Crippen molar-refractivity contribution in [3.63, 3.8) is 0 Å². The van der Waals surface area contributed by atoms with Crippen molar-refractivity contribution >= 4 is 28.9 Å². The van der Waals surface area contributed by atoms with E-state index in [9.17, 15) is 18.0 Å². The first-order chi connectivity index (χ1) is 22.5. The van der Waals surface area contributed by atoms with E-state index in [2.05, 4.69) is 21.7 Å². The van der Waals surface area contributed by atoms with Crippen LogP contribution in [0.4, 0.5) is 18.9 Å². The molecule has 0 saturated heterocycles. The minimum atomic E-state index is -4.55. The number of imidazole rings is 1. The Kier molecular flexibility index (Phi) is 12.0. The molecule has 0 saturated carbocycles. The summed E-state index contributed by atoms with van der Waals surface area (Å²) in [5, 5.41) is 15.5. The van der Waals surface area contributed by atoms with Gasteiger partial charge < -0.3 is 24.8 Å². The van der Waals surface area contributed by atoms with Crippen molar-refractivity contribution in [2.75, 3.05) is 19.0 Å². The topological polar surface area (TPSA) is 95.2 Å². The highest BCUT2D eigenvalue weighted by Gasteiger charge is 2.34. The Morgan fingerprint density at radius 2 is 1.81 bits per heavy atom. The summed E-state index contributed by atoms with van der Waals surface area (Å²) in [4.78, 5) is 19.4. The lowest BCUT2D eigenvalue weighted by Crippen LogP contribution is -2.50. The molecule has 4 rings (SSSR count). The van der Waals surface area contributed by atoms with E-state index in [1.54, 1.807) is 59.9 Å². The fraction of sp³-hybridized carbons (Fsp3) is 0.314. The van der Waals surface area contributed by atoms with Crippen molar-refractivity contribution in [3.05, 3.63) is 113 Å². The third-order valence-electron chi connectivity index (χ3n) is 7.99. The smallest absolute Gasteiger partial charge is 0.416 e. The first-order valence-electron chi connectivity index (χ1n) is 15.1. The van der Waals surface area contributed by atoms with Crippen molar-refractivity contribution in [2.24, 2.45) is 5.92 Å². The second-order valence-electron chi connectivity index (χ2n) is 11.2. The van der Waals surface area contributed by atoms with Crippen LogP contribution in [-0.4, -0.2) is 45.2 Å². The van der Waals surface area contributed by atoms with Crippen LogP contribution in [0.15, 0.2) is 85.3 Å². The lowest BCUT2D eigenvalue weighted by atomic mass is 9.97. The maximum Gasteiger partial charge on any atom is 0.416 e. The maximum atomic E-state index is 14.0. The summed E-state index contributed by atoms with van der Waals surface area (Å²) >= 11 is 5.78. The fourth-order valence-electron chi connectivity index (χ4n) is 5.13. The Morgan fingerprint density at radius 3 is 2.49 bits per heavy atom. The Balaban J connectivity index is 1.56. The lowest BCUT2D eigenvalue weighted by molar-refractivity contribution is -0.138. The Hall–Kier alpha value is -4.89. The van der Waals surface area contributed by atoms with Gasteiger partial charge in [-0.15, -0.1) is 0 Å². The summed E-state index contributed by atoms with van der Waals surface area (Å²) in [6.45, 7) is 4.46. The van der Waals surface area contributed by atoms with Gasteiger partial charge in [-0.05, 0) is 59.6 Å². The number of halogens is 3. The van der Waals surface area contributed by atoms with Crippen LogP contribution in [0.2, 0.25) is 0 Å². The van der Waals surface area contributed by atoms with E-state index >= 15 is 0 Å². The van der Waals surface area contributed by atoms with E-state index in [0.717, 1.165) is 11.6 Å². The number of carbonyl (C=O) groups is 1. The van der Waals surface area contributed by atoms with Crippen LogP contribution in [0.3, 0.4) is 0 Å². The number of carbonyl (C=O) groups excluding carboxylic acids is 1. The summed E-state index contributed by atoms with van der Waals surface area (Å²) < 4.78 is 49.3. The highest BCUT2D eigenvalue weighted by atomic mass is 32.1. The molecule has 0 aliphatic heterocycles. The van der Waals surface area contributed by atoms with Gasteiger partial charge in [-0.25, -0.2) is 4.98 Å². The molecule has 0 aliphatic rings. The van der Waals surface area contributed by atoms with Crippen molar-refractivity contribution in [1.29, 1.82) is 5.26 Å². The number of methoxy groups -OCH3 is 1. The Bertz CT molecular complexity index is 1700. The number of thiocarbonyl (C=S) groups is 1. The molecule has 4 aromatic rings. The number of anilines is 1. The van der Waals surface area contributed by atoms with Crippen LogP contribution in [0, 0.1) is 17.2 Å². The summed E-state index contributed by atoms with van der Waals surface area (Å²) in [7, 11) is 1.52. The molecule has 12 heteroatoms. The fourth-order valence-corrected chi connectivity index (χ4v) is 5.38. The highest BCUT2D eigenvalue weighted by molar-refractivity contribution is 7.80. The van der Waals surface area contributed by atoms with Gasteiger partial charge in [0, 0.05) is 37.6 Å². The van der Waals surface area contributed by atoms with Gasteiger partial charge in [0.1, 0.15) is 5.75 Å². The molecular weight excluding hydrogens is 625 g/mol. The Labute approximate surface area is 278 Å². The van der Waals surface area contributed by atoms with Gasteiger partial charge >= 0.3 is 6.18 Å². The first kappa shape index (κ1) is 35.0. The average molecular weight is 663 g/mol. The van der Waals surface area contributed by atoms with Crippen molar-refractivity contribution in [2.45, 2.75) is 52.0 Å². The maximum absolute atomic E-state index is 14.0. The van der Waals surface area contributed by atoms with Crippen LogP contribution in [0.25, 0.3) is 0 Å². The zero-order valence-electron chi connectivity index (χ0n) is 26.4. The second kappa shape index (κ2) is 16.1. The zero-order chi connectivity index (χ0) is 34.0. The van der Waals surface area contributed by atoms with Crippen LogP contribution < -0.4 is 15.4 Å². The number of aromatic nitrogens is 2. The molecular formula is C35H37F3N6O2S. The van der Waals surface area contributed by atoms with E-state index in [-0.39, 0.29) is 42.0 Å². The quantitative estimate of drug-likeness (QED) is 0.152. The number of nitrogens with one attached hydrogen (secondary N) is 2. The molecule has 0 radical (unpaired) electrons. The molecule has 2 atom stereocenters. The molecule has 1 aromatic heterocycles. The molecule has 1 heterocycles. The van der Waals surface area contributed by atoms with E-state index in [1.807, 2.05) is 30.5 Å². The minimum absolute atomic E-state index is 0.0306. The van der Waals surface area contributed by atoms with Gasteiger partial charge in [0.15, 0.2) is 5.11 Å². The number of nitrogens with zero attached hydrogens (tertiary/aromatic N) is 4. The molecule has 8 nitrogen and oxygen atoms in total. The van der Waals surface area contributed by atoms with E-state index in [4.69, 9.17) is 22.2 Å². The molecule has 2 N–H and O–H groups in total. The molecule has 1 amide bonds. The highest BCUT2D eigenvalue weighted by Crippen LogP contribution is 2.33. The Morgan fingerprint density at radius 1 is 1.11 bits per heavy atom. The second-order valence-corrected chi connectivity index (χ2v) is 11.6. The predicted molar refractivity (Wildman–Crippen MR) is 179 cm³/mol. The number of hydrogen-bond acceptors (Lipinski definition) is 5. The number of amides is 1. The molecule has 47 heavy (non-hydrogen) atoms. The third-order valence-corrected chi connectivity index (χ3v) is 8.35.